The fraction of sp³-hybridized carbons (Fsp3) is 0.615. The summed E-state index contributed by atoms with van der Waals surface area (Å²) in [6.07, 6.45) is -1.62. The second-order valence-corrected chi connectivity index (χ2v) is 5.06. The Kier molecular flexibility index (Phi) is 3.61. The molecule has 1 aromatic rings. The Morgan fingerprint density at radius 3 is 2.44 bits per heavy atom. The van der Waals surface area contributed by atoms with E-state index in [9.17, 15) is 13.2 Å². The van der Waals surface area contributed by atoms with Crippen molar-refractivity contribution in [2.24, 2.45) is 0 Å². The molecule has 2 nitrogen and oxygen atoms in total. The summed E-state index contributed by atoms with van der Waals surface area (Å²) in [4.78, 5) is 6.13. The number of nitrogens with zero attached hydrogens (tertiary/aromatic N) is 2. The van der Waals surface area contributed by atoms with Crippen molar-refractivity contribution >= 4 is 0 Å². The van der Waals surface area contributed by atoms with Crippen LogP contribution in [0.1, 0.15) is 43.0 Å². The molecule has 1 saturated heterocycles. The van der Waals surface area contributed by atoms with Gasteiger partial charge in [0.2, 0.25) is 0 Å². The van der Waals surface area contributed by atoms with Crippen molar-refractivity contribution in [3.8, 4) is 0 Å². The molecule has 2 heterocycles. The van der Waals surface area contributed by atoms with Crippen LogP contribution < -0.4 is 0 Å². The highest BCUT2D eigenvalue weighted by molar-refractivity contribution is 5.30. The van der Waals surface area contributed by atoms with Crippen LogP contribution in [0.3, 0.4) is 0 Å². The number of hydrogen-bond acceptors (Lipinski definition) is 2. The van der Waals surface area contributed by atoms with Crippen LogP contribution >= 0.6 is 0 Å². The molecule has 1 aromatic heterocycles. The minimum atomic E-state index is -4.32. The van der Waals surface area contributed by atoms with Crippen molar-refractivity contribution in [2.75, 3.05) is 13.1 Å². The van der Waals surface area contributed by atoms with E-state index in [1.165, 1.54) is 6.07 Å². The van der Waals surface area contributed by atoms with E-state index in [2.05, 4.69) is 9.88 Å². The molecule has 18 heavy (non-hydrogen) atoms. The van der Waals surface area contributed by atoms with Crippen LogP contribution in [-0.2, 0) is 12.7 Å². The summed E-state index contributed by atoms with van der Waals surface area (Å²) in [6, 6.07) is 1.25. The molecule has 0 atom stereocenters. The highest BCUT2D eigenvalue weighted by Gasteiger charge is 2.35. The summed E-state index contributed by atoms with van der Waals surface area (Å²) in [5.41, 5.74) is 0.191. The van der Waals surface area contributed by atoms with Crippen LogP contribution in [-0.4, -0.2) is 23.0 Å². The second-order valence-electron chi connectivity index (χ2n) is 5.06. The Morgan fingerprint density at radius 1 is 1.33 bits per heavy atom. The number of alkyl halides is 3. The van der Waals surface area contributed by atoms with Gasteiger partial charge in [0.25, 0.3) is 0 Å². The van der Waals surface area contributed by atoms with E-state index in [-0.39, 0.29) is 11.6 Å². The second kappa shape index (κ2) is 4.88. The number of hydrogen-bond donors (Lipinski definition) is 0. The lowest BCUT2D eigenvalue weighted by molar-refractivity contribution is -0.138. The van der Waals surface area contributed by atoms with Crippen LogP contribution in [0.2, 0.25) is 0 Å². The minimum absolute atomic E-state index is 0.134. The molecule has 0 aliphatic carbocycles. The van der Waals surface area contributed by atoms with Gasteiger partial charge in [0.1, 0.15) is 0 Å². The molecule has 2 rings (SSSR count). The van der Waals surface area contributed by atoms with Gasteiger partial charge in [-0.2, -0.15) is 13.2 Å². The number of rotatable bonds is 3. The molecule has 0 N–H and O–H groups in total. The number of likely N-dealkylation sites (tertiary alicyclic amines) is 1. The number of aromatic nitrogens is 1. The van der Waals surface area contributed by atoms with E-state index >= 15 is 0 Å². The fourth-order valence-electron chi connectivity index (χ4n) is 2.09. The number of halogens is 3. The summed E-state index contributed by atoms with van der Waals surface area (Å²) in [5.74, 6) is -0.223. The van der Waals surface area contributed by atoms with Crippen molar-refractivity contribution in [3.63, 3.8) is 0 Å². The van der Waals surface area contributed by atoms with Gasteiger partial charge in [0.05, 0.1) is 11.3 Å². The molecule has 0 aromatic carbocycles. The average molecular weight is 258 g/mol. The van der Waals surface area contributed by atoms with Crippen molar-refractivity contribution in [1.29, 1.82) is 0 Å². The van der Waals surface area contributed by atoms with Gasteiger partial charge < -0.3 is 0 Å². The van der Waals surface area contributed by atoms with Crippen molar-refractivity contribution < 1.29 is 13.2 Å². The Hall–Kier alpha value is -1.10. The third-order valence-corrected chi connectivity index (χ3v) is 3.18. The van der Waals surface area contributed by atoms with Crippen LogP contribution in [0.4, 0.5) is 13.2 Å². The third kappa shape index (κ3) is 2.83. The summed E-state index contributed by atoms with van der Waals surface area (Å²) in [5, 5.41) is 0. The minimum Gasteiger partial charge on any atom is -0.299 e. The van der Waals surface area contributed by atoms with E-state index in [0.717, 1.165) is 19.5 Å². The molecule has 0 radical (unpaired) electrons. The maximum atomic E-state index is 13.0. The van der Waals surface area contributed by atoms with Gasteiger partial charge in [-0.1, -0.05) is 13.8 Å². The van der Waals surface area contributed by atoms with E-state index in [0.29, 0.717) is 12.1 Å². The highest BCUT2D eigenvalue weighted by Crippen LogP contribution is 2.34. The highest BCUT2D eigenvalue weighted by atomic mass is 19.4. The van der Waals surface area contributed by atoms with Crippen LogP contribution in [0.25, 0.3) is 0 Å². The van der Waals surface area contributed by atoms with E-state index in [4.69, 9.17) is 0 Å². The summed E-state index contributed by atoms with van der Waals surface area (Å²) in [6.45, 7) is 5.95. The van der Waals surface area contributed by atoms with Crippen LogP contribution in [0.15, 0.2) is 12.3 Å². The number of pyridine rings is 1. The maximum absolute atomic E-state index is 13.0. The van der Waals surface area contributed by atoms with Gasteiger partial charge in [0, 0.05) is 12.7 Å². The Balaban J connectivity index is 2.29. The molecular formula is C13H17F3N2. The molecule has 0 saturated carbocycles. The lowest BCUT2D eigenvalue weighted by Gasteiger charge is -2.30. The molecule has 5 heteroatoms. The zero-order valence-corrected chi connectivity index (χ0v) is 10.6. The average Bonchev–Trinajstić information content (AvgIpc) is 2.22. The van der Waals surface area contributed by atoms with Crippen molar-refractivity contribution in [1.82, 2.24) is 9.88 Å². The topological polar surface area (TPSA) is 16.1 Å². The van der Waals surface area contributed by atoms with Crippen molar-refractivity contribution in [2.45, 2.75) is 38.9 Å². The molecule has 1 aliphatic rings. The first kappa shape index (κ1) is 13.3. The summed E-state index contributed by atoms with van der Waals surface area (Å²) in [7, 11) is 0. The molecule has 1 fully saturated rings. The lowest BCUT2D eigenvalue weighted by atomic mass is 10.0. The lowest BCUT2D eigenvalue weighted by Crippen LogP contribution is -2.36. The third-order valence-electron chi connectivity index (χ3n) is 3.18. The molecule has 100 valence electrons. The maximum Gasteiger partial charge on any atom is 0.418 e. The molecule has 0 amide bonds. The Labute approximate surface area is 105 Å². The first-order valence-corrected chi connectivity index (χ1v) is 6.16. The molecular weight excluding hydrogens is 241 g/mol. The smallest absolute Gasteiger partial charge is 0.299 e. The molecule has 0 bridgehead atoms. The van der Waals surface area contributed by atoms with Gasteiger partial charge >= 0.3 is 6.18 Å². The van der Waals surface area contributed by atoms with Crippen LogP contribution in [0, 0.1) is 0 Å². The van der Waals surface area contributed by atoms with Crippen LogP contribution in [0.5, 0.6) is 0 Å². The zero-order chi connectivity index (χ0) is 13.3. The SMILES string of the molecule is CC(C)c1ncc(CN2CCC2)cc1C(F)(F)F. The first-order valence-electron chi connectivity index (χ1n) is 6.16. The predicted octanol–water partition coefficient (Wildman–Crippen LogP) is 3.43. The van der Waals surface area contributed by atoms with Crippen molar-refractivity contribution in [3.05, 3.63) is 29.1 Å². The monoisotopic (exact) mass is 258 g/mol. The molecule has 1 aliphatic heterocycles. The van der Waals surface area contributed by atoms with Gasteiger partial charge in [-0.25, -0.2) is 0 Å². The van der Waals surface area contributed by atoms with Gasteiger partial charge in [-0.05, 0) is 37.1 Å². The van der Waals surface area contributed by atoms with Gasteiger partial charge in [-0.3, -0.25) is 9.88 Å². The van der Waals surface area contributed by atoms with E-state index < -0.39 is 11.7 Å². The predicted molar refractivity (Wildman–Crippen MR) is 63.2 cm³/mol. The standard InChI is InChI=1S/C13H17F3N2/c1-9(2)12-11(13(14,15)16)6-10(7-17-12)8-18-4-3-5-18/h6-7,9H,3-5,8H2,1-2H3. The first-order chi connectivity index (χ1) is 8.38. The quantitative estimate of drug-likeness (QED) is 0.825. The van der Waals surface area contributed by atoms with Gasteiger partial charge in [-0.15, -0.1) is 0 Å². The Morgan fingerprint density at radius 2 is 2.00 bits per heavy atom. The van der Waals surface area contributed by atoms with E-state index in [1.807, 2.05) is 0 Å². The largest absolute Gasteiger partial charge is 0.418 e. The zero-order valence-electron chi connectivity index (χ0n) is 10.6. The Bertz CT molecular complexity index is 423. The summed E-state index contributed by atoms with van der Waals surface area (Å²) < 4.78 is 38.9. The summed E-state index contributed by atoms with van der Waals surface area (Å²) >= 11 is 0. The molecule has 0 unspecified atom stereocenters. The van der Waals surface area contributed by atoms with E-state index in [1.54, 1.807) is 20.0 Å². The van der Waals surface area contributed by atoms with Gasteiger partial charge in [0.15, 0.2) is 0 Å². The normalized spacial score (nSPS) is 17.0. The molecule has 0 spiro atoms. The fourth-order valence-corrected chi connectivity index (χ4v) is 2.09.